The molecule has 1 aliphatic rings. The van der Waals surface area contributed by atoms with Crippen LogP contribution in [0.5, 0.6) is 5.75 Å². The minimum atomic E-state index is -0.494. The van der Waals surface area contributed by atoms with E-state index in [0.29, 0.717) is 23.8 Å². The molecule has 1 fully saturated rings. The Labute approximate surface area is 115 Å². The summed E-state index contributed by atoms with van der Waals surface area (Å²) in [5, 5.41) is 18.3. The number of nitro groups is 1. The van der Waals surface area contributed by atoms with Gasteiger partial charge in [0.25, 0.3) is 5.69 Å². The Morgan fingerprint density at radius 2 is 2.26 bits per heavy atom. The Balaban J connectivity index is 2.05. The number of nitrogens with zero attached hydrogens (tertiary/aromatic N) is 1. The Morgan fingerprint density at radius 1 is 1.58 bits per heavy atom. The first-order valence-electron chi connectivity index (χ1n) is 5.82. The van der Waals surface area contributed by atoms with Crippen molar-refractivity contribution < 1.29 is 9.66 Å². The van der Waals surface area contributed by atoms with Crippen LogP contribution < -0.4 is 10.5 Å². The van der Waals surface area contributed by atoms with Gasteiger partial charge in [0, 0.05) is 17.9 Å². The Bertz CT molecular complexity index is 529. The average molecular weight is 284 g/mol. The van der Waals surface area contributed by atoms with Crippen LogP contribution in [-0.2, 0) is 0 Å². The van der Waals surface area contributed by atoms with Crippen LogP contribution in [0.1, 0.15) is 19.3 Å². The van der Waals surface area contributed by atoms with Crippen LogP contribution in [0.3, 0.4) is 0 Å². The normalized spacial score (nSPS) is 15.8. The minimum absolute atomic E-state index is 0.0594. The lowest BCUT2D eigenvalue weighted by atomic mass is 10.0. The van der Waals surface area contributed by atoms with Crippen LogP contribution in [0.15, 0.2) is 18.2 Å². The molecule has 19 heavy (non-hydrogen) atoms. The van der Waals surface area contributed by atoms with Gasteiger partial charge in [-0.3, -0.25) is 15.5 Å². The first kappa shape index (κ1) is 13.6. The van der Waals surface area contributed by atoms with Crippen LogP contribution in [0.2, 0.25) is 5.02 Å². The lowest BCUT2D eigenvalue weighted by molar-refractivity contribution is -0.384. The van der Waals surface area contributed by atoms with E-state index in [-0.39, 0.29) is 16.9 Å². The number of benzene rings is 1. The number of hydrogen-bond acceptors (Lipinski definition) is 4. The van der Waals surface area contributed by atoms with Crippen molar-refractivity contribution in [1.29, 1.82) is 5.41 Å². The lowest BCUT2D eigenvalue weighted by Crippen LogP contribution is -2.21. The third-order valence-corrected chi connectivity index (χ3v) is 3.49. The summed E-state index contributed by atoms with van der Waals surface area (Å²) in [5.74, 6) is 0.428. The van der Waals surface area contributed by atoms with E-state index in [1.165, 1.54) is 18.2 Å². The van der Waals surface area contributed by atoms with Gasteiger partial charge < -0.3 is 10.5 Å². The molecule has 0 aromatic heterocycles. The molecule has 0 heterocycles. The number of nitrogens with one attached hydrogen (secondary N) is 1. The molecule has 0 amide bonds. The smallest absolute Gasteiger partial charge is 0.273 e. The van der Waals surface area contributed by atoms with E-state index in [9.17, 15) is 10.1 Å². The number of non-ortho nitro benzene ring substituents is 1. The molecule has 1 aromatic carbocycles. The van der Waals surface area contributed by atoms with Crippen LogP contribution in [0.25, 0.3) is 0 Å². The third-order valence-electron chi connectivity index (χ3n) is 3.18. The van der Waals surface area contributed by atoms with Gasteiger partial charge in [-0.05, 0) is 18.9 Å². The summed E-state index contributed by atoms with van der Waals surface area (Å²) < 4.78 is 5.57. The van der Waals surface area contributed by atoms with E-state index in [4.69, 9.17) is 27.5 Å². The molecule has 0 bridgehead atoms. The van der Waals surface area contributed by atoms with E-state index in [0.717, 1.165) is 12.8 Å². The first-order chi connectivity index (χ1) is 8.92. The van der Waals surface area contributed by atoms with E-state index in [1.807, 2.05) is 0 Å². The van der Waals surface area contributed by atoms with Gasteiger partial charge >= 0.3 is 0 Å². The highest BCUT2D eigenvalue weighted by atomic mass is 35.5. The summed E-state index contributed by atoms with van der Waals surface area (Å²) in [5.41, 5.74) is 5.24. The number of nitrogens with two attached hydrogens (primary N) is 1. The highest BCUT2D eigenvalue weighted by Gasteiger charge is 2.44. The van der Waals surface area contributed by atoms with Gasteiger partial charge in [0.1, 0.15) is 5.75 Å². The highest BCUT2D eigenvalue weighted by molar-refractivity contribution is 6.32. The fraction of sp³-hybridized carbons (Fsp3) is 0.417. The van der Waals surface area contributed by atoms with E-state index >= 15 is 0 Å². The molecule has 0 spiro atoms. The predicted octanol–water partition coefficient (Wildman–Crippen LogP) is 2.73. The molecule has 0 saturated heterocycles. The van der Waals surface area contributed by atoms with Crippen LogP contribution in [-0.4, -0.2) is 17.4 Å². The van der Waals surface area contributed by atoms with Gasteiger partial charge in [0.05, 0.1) is 28.5 Å². The Hall–Kier alpha value is -1.82. The van der Waals surface area contributed by atoms with E-state index in [2.05, 4.69) is 0 Å². The van der Waals surface area contributed by atoms with Crippen molar-refractivity contribution in [3.8, 4) is 5.75 Å². The second-order valence-corrected chi connectivity index (χ2v) is 5.27. The van der Waals surface area contributed by atoms with Crippen molar-refractivity contribution in [2.75, 3.05) is 6.61 Å². The molecular weight excluding hydrogens is 270 g/mol. The molecule has 7 heteroatoms. The van der Waals surface area contributed by atoms with Gasteiger partial charge in [-0.15, -0.1) is 0 Å². The van der Waals surface area contributed by atoms with Crippen molar-refractivity contribution in [3.63, 3.8) is 0 Å². The second-order valence-electron chi connectivity index (χ2n) is 4.86. The minimum Gasteiger partial charge on any atom is -0.491 e. The number of ether oxygens (including phenoxy) is 1. The second kappa shape index (κ2) is 5.05. The van der Waals surface area contributed by atoms with Gasteiger partial charge in [-0.2, -0.15) is 0 Å². The zero-order chi connectivity index (χ0) is 14.0. The summed E-state index contributed by atoms with van der Waals surface area (Å²) >= 11 is 5.94. The highest BCUT2D eigenvalue weighted by Crippen LogP contribution is 2.49. The quantitative estimate of drug-likeness (QED) is 0.362. The molecule has 0 aliphatic heterocycles. The molecule has 0 unspecified atom stereocenters. The Morgan fingerprint density at radius 3 is 2.79 bits per heavy atom. The SMILES string of the molecule is N=C(N)CC1(COc2cc([N+](=O)[O-])ccc2Cl)CC1. The van der Waals surface area contributed by atoms with Crippen molar-refractivity contribution in [1.82, 2.24) is 0 Å². The largest absolute Gasteiger partial charge is 0.491 e. The molecular formula is C12H14ClN3O3. The van der Waals surface area contributed by atoms with E-state index in [1.54, 1.807) is 0 Å². The van der Waals surface area contributed by atoms with Gasteiger partial charge in [0.2, 0.25) is 0 Å². The zero-order valence-electron chi connectivity index (χ0n) is 10.2. The number of nitro benzene ring substituents is 1. The summed E-state index contributed by atoms with van der Waals surface area (Å²) in [6, 6.07) is 4.09. The van der Waals surface area contributed by atoms with Gasteiger partial charge in [-0.25, -0.2) is 0 Å². The maximum atomic E-state index is 10.7. The van der Waals surface area contributed by atoms with Crippen molar-refractivity contribution >= 4 is 23.1 Å². The fourth-order valence-corrected chi connectivity index (χ4v) is 2.07. The summed E-state index contributed by atoms with van der Waals surface area (Å²) in [7, 11) is 0. The summed E-state index contributed by atoms with van der Waals surface area (Å²) in [4.78, 5) is 10.2. The Kier molecular flexibility index (Phi) is 3.61. The zero-order valence-corrected chi connectivity index (χ0v) is 10.9. The molecule has 6 nitrogen and oxygen atoms in total. The van der Waals surface area contributed by atoms with Crippen LogP contribution in [0, 0.1) is 20.9 Å². The van der Waals surface area contributed by atoms with E-state index < -0.39 is 4.92 Å². The standard InChI is InChI=1S/C12H14ClN3O3/c13-9-2-1-8(16(17)18)5-10(9)19-7-12(3-4-12)6-11(14)15/h1-2,5H,3-4,6-7H2,(H3,14,15). The number of hydrogen-bond donors (Lipinski definition) is 2. The number of amidine groups is 1. The van der Waals surface area contributed by atoms with Crippen molar-refractivity contribution in [2.24, 2.45) is 11.1 Å². The monoisotopic (exact) mass is 283 g/mol. The van der Waals surface area contributed by atoms with Crippen molar-refractivity contribution in [3.05, 3.63) is 33.3 Å². The number of halogens is 1. The van der Waals surface area contributed by atoms with Gasteiger partial charge in [0.15, 0.2) is 0 Å². The number of rotatable bonds is 6. The first-order valence-corrected chi connectivity index (χ1v) is 6.19. The topological polar surface area (TPSA) is 102 Å². The fourth-order valence-electron chi connectivity index (χ4n) is 1.90. The molecule has 2 rings (SSSR count). The molecule has 1 aromatic rings. The summed E-state index contributed by atoms with van der Waals surface area (Å²) in [6.45, 7) is 0.369. The maximum Gasteiger partial charge on any atom is 0.273 e. The molecule has 102 valence electrons. The third kappa shape index (κ3) is 3.35. The van der Waals surface area contributed by atoms with Crippen LogP contribution in [0.4, 0.5) is 5.69 Å². The van der Waals surface area contributed by atoms with Crippen LogP contribution >= 0.6 is 11.6 Å². The molecule has 0 atom stereocenters. The molecule has 1 saturated carbocycles. The summed E-state index contributed by atoms with van der Waals surface area (Å²) in [6.07, 6.45) is 2.37. The molecule has 1 aliphatic carbocycles. The maximum absolute atomic E-state index is 10.7. The predicted molar refractivity (Wildman–Crippen MR) is 71.8 cm³/mol. The lowest BCUT2D eigenvalue weighted by Gasteiger charge is -2.15. The average Bonchev–Trinajstić information content (AvgIpc) is 3.07. The molecule has 3 N–H and O–H groups in total. The molecule has 0 radical (unpaired) electrons. The van der Waals surface area contributed by atoms with Crippen molar-refractivity contribution in [2.45, 2.75) is 19.3 Å². The van der Waals surface area contributed by atoms with Gasteiger partial charge in [-0.1, -0.05) is 11.6 Å².